The van der Waals surface area contributed by atoms with Crippen LogP contribution >= 0.6 is 0 Å². The highest BCUT2D eigenvalue weighted by Gasteiger charge is 2.12. The van der Waals surface area contributed by atoms with Crippen LogP contribution in [0.1, 0.15) is 12.3 Å². The van der Waals surface area contributed by atoms with Crippen molar-refractivity contribution in [2.24, 2.45) is 0 Å². The lowest BCUT2D eigenvalue weighted by Gasteiger charge is -2.08. The molecule has 6 nitrogen and oxygen atoms in total. The highest BCUT2D eigenvalue weighted by Crippen LogP contribution is 2.23. The molecule has 1 amide bonds. The number of carbonyl (C=O) groups is 1. The molecule has 0 saturated heterocycles. The van der Waals surface area contributed by atoms with Gasteiger partial charge in [-0.05, 0) is 23.6 Å². The van der Waals surface area contributed by atoms with E-state index in [0.29, 0.717) is 23.8 Å². The van der Waals surface area contributed by atoms with Crippen LogP contribution in [0, 0.1) is 0 Å². The standard InChI is InChI=1S/C20H16N4O2/c25-18(22-16-10-5-7-14-6-1-2-8-15(14)16)11-12-19-23-20(24-26-19)17-9-3-4-13-21-17/h1-10,13H,11-12H2,(H,22,25). The molecule has 0 saturated carbocycles. The summed E-state index contributed by atoms with van der Waals surface area (Å²) in [5, 5.41) is 8.96. The van der Waals surface area contributed by atoms with Gasteiger partial charge in [-0.25, -0.2) is 0 Å². The predicted molar refractivity (Wildman–Crippen MR) is 98.4 cm³/mol. The van der Waals surface area contributed by atoms with E-state index in [2.05, 4.69) is 20.4 Å². The van der Waals surface area contributed by atoms with Crippen LogP contribution in [0.2, 0.25) is 0 Å². The normalized spacial score (nSPS) is 10.8. The fraction of sp³-hybridized carbons (Fsp3) is 0.100. The van der Waals surface area contributed by atoms with Crippen LogP contribution in [0.4, 0.5) is 5.69 Å². The molecule has 4 aromatic rings. The van der Waals surface area contributed by atoms with Crippen molar-refractivity contribution >= 4 is 22.4 Å². The Labute approximate surface area is 149 Å². The van der Waals surface area contributed by atoms with Gasteiger partial charge in [0.15, 0.2) is 0 Å². The molecule has 0 aliphatic heterocycles. The summed E-state index contributed by atoms with van der Waals surface area (Å²) in [6.45, 7) is 0. The molecule has 6 heteroatoms. The molecule has 4 rings (SSSR count). The van der Waals surface area contributed by atoms with E-state index in [1.54, 1.807) is 6.20 Å². The summed E-state index contributed by atoms with van der Waals surface area (Å²) >= 11 is 0. The zero-order chi connectivity index (χ0) is 17.8. The van der Waals surface area contributed by atoms with Gasteiger partial charge in [0, 0.05) is 30.1 Å². The third-order valence-corrected chi connectivity index (χ3v) is 3.99. The van der Waals surface area contributed by atoms with Crippen molar-refractivity contribution in [3.8, 4) is 11.5 Å². The largest absolute Gasteiger partial charge is 0.339 e. The summed E-state index contributed by atoms with van der Waals surface area (Å²) in [4.78, 5) is 20.8. The van der Waals surface area contributed by atoms with Crippen LogP contribution in [0.15, 0.2) is 71.4 Å². The molecule has 0 unspecified atom stereocenters. The number of nitrogens with zero attached hydrogens (tertiary/aromatic N) is 3. The maximum absolute atomic E-state index is 12.3. The number of aryl methyl sites for hydroxylation is 1. The van der Waals surface area contributed by atoms with Gasteiger partial charge in [0.05, 0.1) is 0 Å². The fourth-order valence-corrected chi connectivity index (χ4v) is 2.72. The van der Waals surface area contributed by atoms with Crippen molar-refractivity contribution < 1.29 is 9.32 Å². The predicted octanol–water partition coefficient (Wildman–Crippen LogP) is 3.86. The molecule has 0 fully saturated rings. The topological polar surface area (TPSA) is 80.9 Å². The lowest BCUT2D eigenvalue weighted by molar-refractivity contribution is -0.116. The van der Waals surface area contributed by atoms with Crippen LogP contribution in [0.5, 0.6) is 0 Å². The Kier molecular flexibility index (Phi) is 4.38. The lowest BCUT2D eigenvalue weighted by atomic mass is 10.1. The number of fused-ring (bicyclic) bond motifs is 1. The van der Waals surface area contributed by atoms with E-state index >= 15 is 0 Å². The van der Waals surface area contributed by atoms with E-state index in [1.807, 2.05) is 60.7 Å². The number of amides is 1. The van der Waals surface area contributed by atoms with E-state index in [-0.39, 0.29) is 12.3 Å². The maximum Gasteiger partial charge on any atom is 0.227 e. The molecule has 26 heavy (non-hydrogen) atoms. The molecule has 0 aliphatic carbocycles. The second-order valence-electron chi connectivity index (χ2n) is 5.80. The van der Waals surface area contributed by atoms with E-state index in [4.69, 9.17) is 4.52 Å². The lowest BCUT2D eigenvalue weighted by Crippen LogP contribution is -2.12. The SMILES string of the molecule is O=C(CCc1nc(-c2ccccn2)no1)Nc1cccc2ccccc12. The minimum Gasteiger partial charge on any atom is -0.339 e. The minimum atomic E-state index is -0.0982. The van der Waals surface area contributed by atoms with Crippen molar-refractivity contribution in [2.75, 3.05) is 5.32 Å². The summed E-state index contributed by atoms with van der Waals surface area (Å²) in [6, 6.07) is 19.3. The van der Waals surface area contributed by atoms with E-state index < -0.39 is 0 Å². The maximum atomic E-state index is 12.3. The van der Waals surface area contributed by atoms with Gasteiger partial charge in [-0.2, -0.15) is 4.98 Å². The number of benzene rings is 2. The number of anilines is 1. The number of pyridine rings is 1. The minimum absolute atomic E-state index is 0.0982. The van der Waals surface area contributed by atoms with E-state index in [0.717, 1.165) is 16.5 Å². The molecule has 128 valence electrons. The van der Waals surface area contributed by atoms with E-state index in [1.165, 1.54) is 0 Å². The van der Waals surface area contributed by atoms with Gasteiger partial charge in [-0.1, -0.05) is 47.6 Å². The number of hydrogen-bond acceptors (Lipinski definition) is 5. The first kappa shape index (κ1) is 16.0. The number of hydrogen-bond donors (Lipinski definition) is 1. The third-order valence-electron chi connectivity index (χ3n) is 3.99. The van der Waals surface area contributed by atoms with Crippen LogP contribution in [-0.4, -0.2) is 21.0 Å². The molecule has 1 N–H and O–H groups in total. The Morgan fingerprint density at radius 2 is 1.85 bits per heavy atom. The Hall–Kier alpha value is -3.54. The van der Waals surface area contributed by atoms with Gasteiger partial charge in [0.2, 0.25) is 17.6 Å². The second kappa shape index (κ2) is 7.14. The molecular formula is C20H16N4O2. The molecule has 0 spiro atoms. The molecule has 2 aromatic carbocycles. The Balaban J connectivity index is 1.41. The average Bonchev–Trinajstić information content (AvgIpc) is 3.17. The summed E-state index contributed by atoms with van der Waals surface area (Å²) in [5.74, 6) is 0.743. The monoisotopic (exact) mass is 344 g/mol. The van der Waals surface area contributed by atoms with Gasteiger partial charge >= 0.3 is 0 Å². The molecule has 0 radical (unpaired) electrons. The Morgan fingerprint density at radius 3 is 2.73 bits per heavy atom. The van der Waals surface area contributed by atoms with Crippen molar-refractivity contribution in [1.82, 2.24) is 15.1 Å². The molecule has 0 atom stereocenters. The first-order valence-electron chi connectivity index (χ1n) is 8.31. The second-order valence-corrected chi connectivity index (χ2v) is 5.80. The number of aromatic nitrogens is 3. The van der Waals surface area contributed by atoms with Gasteiger partial charge in [-0.15, -0.1) is 0 Å². The van der Waals surface area contributed by atoms with Crippen LogP contribution in [0.3, 0.4) is 0 Å². The molecule has 2 aromatic heterocycles. The van der Waals surface area contributed by atoms with Crippen LogP contribution in [0.25, 0.3) is 22.3 Å². The highest BCUT2D eigenvalue weighted by atomic mass is 16.5. The summed E-state index contributed by atoms with van der Waals surface area (Å²) in [7, 11) is 0. The van der Waals surface area contributed by atoms with Crippen molar-refractivity contribution in [1.29, 1.82) is 0 Å². The number of nitrogens with one attached hydrogen (secondary N) is 1. The number of carbonyl (C=O) groups excluding carboxylic acids is 1. The van der Waals surface area contributed by atoms with Crippen LogP contribution < -0.4 is 5.32 Å². The third kappa shape index (κ3) is 3.44. The number of rotatable bonds is 5. The average molecular weight is 344 g/mol. The quantitative estimate of drug-likeness (QED) is 0.594. The molecule has 0 aliphatic rings. The molecule has 0 bridgehead atoms. The van der Waals surface area contributed by atoms with Crippen molar-refractivity contribution in [2.45, 2.75) is 12.8 Å². The van der Waals surface area contributed by atoms with Gasteiger partial charge in [0.1, 0.15) is 5.69 Å². The fourth-order valence-electron chi connectivity index (χ4n) is 2.72. The van der Waals surface area contributed by atoms with Crippen molar-refractivity contribution in [3.05, 3.63) is 72.8 Å². The first-order chi connectivity index (χ1) is 12.8. The summed E-state index contributed by atoms with van der Waals surface area (Å²) in [6.07, 6.45) is 2.30. The Morgan fingerprint density at radius 1 is 1.00 bits per heavy atom. The first-order valence-corrected chi connectivity index (χ1v) is 8.31. The summed E-state index contributed by atoms with van der Waals surface area (Å²) < 4.78 is 5.21. The Bertz CT molecular complexity index is 1040. The van der Waals surface area contributed by atoms with Gasteiger partial charge in [0.25, 0.3) is 0 Å². The molecule has 2 heterocycles. The zero-order valence-electron chi connectivity index (χ0n) is 13.9. The summed E-state index contributed by atoms with van der Waals surface area (Å²) in [5.41, 5.74) is 1.44. The molecular weight excluding hydrogens is 328 g/mol. The highest BCUT2D eigenvalue weighted by molar-refractivity contribution is 6.02. The van der Waals surface area contributed by atoms with Gasteiger partial charge < -0.3 is 9.84 Å². The van der Waals surface area contributed by atoms with E-state index in [9.17, 15) is 4.79 Å². The van der Waals surface area contributed by atoms with Gasteiger partial charge in [-0.3, -0.25) is 9.78 Å². The smallest absolute Gasteiger partial charge is 0.227 e. The zero-order valence-corrected chi connectivity index (χ0v) is 13.9. The van der Waals surface area contributed by atoms with Crippen molar-refractivity contribution in [3.63, 3.8) is 0 Å². The van der Waals surface area contributed by atoms with Crippen LogP contribution in [-0.2, 0) is 11.2 Å².